The number of hydrogen-bond donors (Lipinski definition) is 2. The second-order valence-electron chi connectivity index (χ2n) is 7.20. The first kappa shape index (κ1) is 22.3. The molecule has 0 radical (unpaired) electrons. The van der Waals surface area contributed by atoms with Crippen molar-refractivity contribution in [3.05, 3.63) is 71.3 Å². The number of nitrogens with one attached hydrogen (secondary N) is 1. The van der Waals surface area contributed by atoms with Crippen LogP contribution in [0.5, 0.6) is 0 Å². The van der Waals surface area contributed by atoms with Gasteiger partial charge < -0.3 is 16.0 Å². The second-order valence-corrected chi connectivity index (χ2v) is 7.20. The van der Waals surface area contributed by atoms with Gasteiger partial charge in [0.15, 0.2) is 0 Å². The Balaban J connectivity index is 1.87. The van der Waals surface area contributed by atoms with Gasteiger partial charge in [-0.1, -0.05) is 42.5 Å². The maximum atomic E-state index is 13.1. The van der Waals surface area contributed by atoms with Crippen LogP contribution in [0.15, 0.2) is 54.6 Å². The molecule has 10 heteroatoms. The van der Waals surface area contributed by atoms with Gasteiger partial charge in [-0.05, 0) is 23.3 Å². The smallest absolute Gasteiger partial charge is 0.323 e. The number of carbonyl (C=O) groups excluding carboxylic acids is 3. The van der Waals surface area contributed by atoms with E-state index in [4.69, 9.17) is 5.73 Å². The van der Waals surface area contributed by atoms with Gasteiger partial charge in [0.25, 0.3) is 5.91 Å². The van der Waals surface area contributed by atoms with E-state index in [2.05, 4.69) is 5.32 Å². The molecule has 2 aromatic rings. The van der Waals surface area contributed by atoms with Crippen LogP contribution in [0.4, 0.5) is 18.0 Å². The van der Waals surface area contributed by atoms with Crippen LogP contribution in [-0.2, 0) is 28.7 Å². The molecule has 0 aliphatic carbocycles. The number of urea groups is 1. The van der Waals surface area contributed by atoms with E-state index in [9.17, 15) is 27.6 Å². The number of imide groups is 1. The van der Waals surface area contributed by atoms with E-state index < -0.39 is 41.8 Å². The summed E-state index contributed by atoms with van der Waals surface area (Å²) in [5, 5.41) is 2.44. The van der Waals surface area contributed by atoms with Gasteiger partial charge in [0.1, 0.15) is 12.2 Å². The molecule has 2 atom stereocenters. The lowest BCUT2D eigenvalue weighted by atomic mass is 10.0. The molecule has 1 heterocycles. The van der Waals surface area contributed by atoms with E-state index >= 15 is 0 Å². The molecule has 1 aliphatic heterocycles. The molecule has 1 fully saturated rings. The van der Waals surface area contributed by atoms with Crippen LogP contribution in [0.1, 0.15) is 16.7 Å². The average Bonchev–Trinajstić information content (AvgIpc) is 2.72. The Morgan fingerprint density at radius 1 is 1.06 bits per heavy atom. The van der Waals surface area contributed by atoms with Crippen molar-refractivity contribution >= 4 is 17.8 Å². The summed E-state index contributed by atoms with van der Waals surface area (Å²) >= 11 is 0. The lowest BCUT2D eigenvalue weighted by Crippen LogP contribution is -2.70. The molecule has 2 aromatic carbocycles. The molecular weight excluding hydrogens is 413 g/mol. The minimum Gasteiger partial charge on any atom is -0.323 e. The lowest BCUT2D eigenvalue weighted by Gasteiger charge is -2.40. The van der Waals surface area contributed by atoms with E-state index in [0.29, 0.717) is 5.56 Å². The van der Waals surface area contributed by atoms with Gasteiger partial charge in [-0.2, -0.15) is 13.2 Å². The van der Waals surface area contributed by atoms with Crippen molar-refractivity contribution in [1.29, 1.82) is 0 Å². The summed E-state index contributed by atoms with van der Waals surface area (Å²) in [6.07, 6.45) is -5.85. The van der Waals surface area contributed by atoms with E-state index in [0.717, 1.165) is 22.6 Å². The van der Waals surface area contributed by atoms with Crippen LogP contribution in [0.3, 0.4) is 0 Å². The van der Waals surface area contributed by atoms with Crippen molar-refractivity contribution < 1.29 is 27.6 Å². The van der Waals surface area contributed by atoms with Gasteiger partial charge in [0.2, 0.25) is 5.91 Å². The molecule has 2 unspecified atom stereocenters. The van der Waals surface area contributed by atoms with Crippen molar-refractivity contribution in [3.8, 4) is 0 Å². The standard InChI is InChI=1S/C21H21F3N4O3/c1-27-19(30)17(18(25)26-20(27)31)28(12-14-5-3-2-4-6-14)16(29)11-13-7-9-15(10-8-13)21(22,23)24/h2-10,17-18H,11-12,25H2,1H3,(H,26,31). The maximum Gasteiger partial charge on any atom is 0.416 e. The number of alkyl halides is 3. The number of halogens is 3. The van der Waals surface area contributed by atoms with E-state index in [1.54, 1.807) is 30.3 Å². The third kappa shape index (κ3) is 5.02. The first-order chi connectivity index (χ1) is 14.6. The molecule has 1 saturated heterocycles. The summed E-state index contributed by atoms with van der Waals surface area (Å²) in [7, 11) is 1.28. The van der Waals surface area contributed by atoms with Gasteiger partial charge in [-0.3, -0.25) is 14.5 Å². The molecule has 164 valence electrons. The lowest BCUT2D eigenvalue weighted by molar-refractivity contribution is -0.146. The first-order valence-electron chi connectivity index (χ1n) is 9.41. The largest absolute Gasteiger partial charge is 0.416 e. The quantitative estimate of drug-likeness (QED) is 0.754. The zero-order valence-electron chi connectivity index (χ0n) is 16.6. The van der Waals surface area contributed by atoms with Gasteiger partial charge in [0.05, 0.1) is 12.0 Å². The third-order valence-electron chi connectivity index (χ3n) is 5.01. The normalized spacial score (nSPS) is 19.2. The molecule has 0 saturated carbocycles. The van der Waals surface area contributed by atoms with Crippen LogP contribution >= 0.6 is 0 Å². The molecule has 0 bridgehead atoms. The minimum atomic E-state index is -4.48. The Hall–Kier alpha value is -3.40. The Bertz CT molecular complexity index is 964. The Kier molecular flexibility index (Phi) is 6.30. The molecule has 3 N–H and O–H groups in total. The number of carbonyl (C=O) groups is 3. The van der Waals surface area contributed by atoms with E-state index in [1.807, 2.05) is 0 Å². The zero-order chi connectivity index (χ0) is 22.8. The molecular formula is C21H21F3N4O3. The monoisotopic (exact) mass is 434 g/mol. The molecule has 0 spiro atoms. The van der Waals surface area contributed by atoms with Crippen molar-refractivity contribution in [2.24, 2.45) is 5.73 Å². The number of rotatable bonds is 5. The van der Waals surface area contributed by atoms with Crippen LogP contribution in [0.25, 0.3) is 0 Å². The van der Waals surface area contributed by atoms with Crippen molar-refractivity contribution in [3.63, 3.8) is 0 Å². The van der Waals surface area contributed by atoms with Gasteiger partial charge >= 0.3 is 12.2 Å². The molecule has 4 amide bonds. The second kappa shape index (κ2) is 8.76. The number of amides is 4. The Labute approximate surface area is 176 Å². The molecule has 31 heavy (non-hydrogen) atoms. The fraction of sp³-hybridized carbons (Fsp3) is 0.286. The van der Waals surface area contributed by atoms with Crippen molar-refractivity contribution in [2.45, 2.75) is 31.3 Å². The zero-order valence-corrected chi connectivity index (χ0v) is 16.6. The SMILES string of the molecule is CN1C(=O)NC(N)C(N(Cc2ccccc2)C(=O)Cc2ccc(C(F)(F)F)cc2)C1=O. The highest BCUT2D eigenvalue weighted by molar-refractivity contribution is 6.01. The fourth-order valence-corrected chi connectivity index (χ4v) is 3.31. The van der Waals surface area contributed by atoms with Gasteiger partial charge in [0, 0.05) is 13.6 Å². The predicted octanol–water partition coefficient (Wildman–Crippen LogP) is 2.11. The first-order valence-corrected chi connectivity index (χ1v) is 9.41. The summed E-state index contributed by atoms with van der Waals surface area (Å²) in [6, 6.07) is 11.3. The number of benzene rings is 2. The summed E-state index contributed by atoms with van der Waals surface area (Å²) in [5.41, 5.74) is 6.23. The molecule has 0 aromatic heterocycles. The minimum absolute atomic E-state index is 0.0358. The number of nitrogens with two attached hydrogens (primary N) is 1. The van der Waals surface area contributed by atoms with Gasteiger partial charge in [-0.15, -0.1) is 0 Å². The number of nitrogens with zero attached hydrogens (tertiary/aromatic N) is 2. The predicted molar refractivity (Wildman–Crippen MR) is 105 cm³/mol. The molecule has 3 rings (SSSR count). The van der Waals surface area contributed by atoms with Crippen LogP contribution in [0.2, 0.25) is 0 Å². The average molecular weight is 434 g/mol. The Morgan fingerprint density at radius 2 is 1.68 bits per heavy atom. The van der Waals surface area contributed by atoms with Crippen LogP contribution in [0, 0.1) is 0 Å². The highest BCUT2D eigenvalue weighted by Crippen LogP contribution is 2.29. The third-order valence-corrected chi connectivity index (χ3v) is 5.01. The van der Waals surface area contributed by atoms with Crippen LogP contribution < -0.4 is 11.1 Å². The molecule has 7 nitrogen and oxygen atoms in total. The van der Waals surface area contributed by atoms with Crippen LogP contribution in [-0.4, -0.2) is 46.9 Å². The summed E-state index contributed by atoms with van der Waals surface area (Å²) < 4.78 is 38.4. The van der Waals surface area contributed by atoms with E-state index in [1.165, 1.54) is 24.1 Å². The Morgan fingerprint density at radius 3 is 2.26 bits per heavy atom. The van der Waals surface area contributed by atoms with Gasteiger partial charge in [-0.25, -0.2) is 4.79 Å². The molecule has 1 aliphatic rings. The van der Waals surface area contributed by atoms with E-state index in [-0.39, 0.29) is 13.0 Å². The van der Waals surface area contributed by atoms with Crippen molar-refractivity contribution in [2.75, 3.05) is 7.05 Å². The highest BCUT2D eigenvalue weighted by atomic mass is 19.4. The fourth-order valence-electron chi connectivity index (χ4n) is 3.31. The summed E-state index contributed by atoms with van der Waals surface area (Å²) in [5.74, 6) is -1.16. The maximum absolute atomic E-state index is 13.1. The van der Waals surface area contributed by atoms with Crippen molar-refractivity contribution in [1.82, 2.24) is 15.1 Å². The highest BCUT2D eigenvalue weighted by Gasteiger charge is 2.43. The number of hydrogen-bond acceptors (Lipinski definition) is 4. The topological polar surface area (TPSA) is 95.7 Å². The number of likely N-dealkylation sites (N-methyl/N-ethyl adjacent to an activating group) is 1. The summed E-state index contributed by atoms with van der Waals surface area (Å²) in [4.78, 5) is 39.8. The summed E-state index contributed by atoms with van der Waals surface area (Å²) in [6.45, 7) is 0.0358.